The van der Waals surface area contributed by atoms with Crippen molar-refractivity contribution in [3.63, 3.8) is 0 Å². The summed E-state index contributed by atoms with van der Waals surface area (Å²) in [5.41, 5.74) is -1.82. The number of alkyl halides is 3. The Morgan fingerprint density at radius 1 is 1.19 bits per heavy atom. The average Bonchev–Trinajstić information content (AvgIpc) is 3.16. The highest BCUT2D eigenvalue weighted by atomic mass is 35.5. The number of nitrogens with zero attached hydrogens (tertiary/aromatic N) is 2. The van der Waals surface area contributed by atoms with Crippen molar-refractivity contribution in [2.45, 2.75) is 18.8 Å². The zero-order valence-corrected chi connectivity index (χ0v) is 19.0. The maximum absolute atomic E-state index is 14.0. The molecule has 1 aliphatic heterocycles. The number of carbonyl (C=O) groups excluding carboxylic acids is 2. The van der Waals surface area contributed by atoms with E-state index in [9.17, 15) is 31.5 Å². The summed E-state index contributed by atoms with van der Waals surface area (Å²) in [6.07, 6.45) is -4.90. The van der Waals surface area contributed by atoms with E-state index in [1.54, 1.807) is 0 Å². The van der Waals surface area contributed by atoms with Gasteiger partial charge in [0.1, 0.15) is 18.2 Å². The van der Waals surface area contributed by atoms with E-state index in [0.29, 0.717) is 12.1 Å². The zero-order chi connectivity index (χ0) is 26.4. The average molecular weight is 527 g/mol. The lowest BCUT2D eigenvalue weighted by Crippen LogP contribution is -2.41. The monoisotopic (exact) mass is 526 g/mol. The fourth-order valence-electron chi connectivity index (χ4n) is 3.76. The van der Waals surface area contributed by atoms with Gasteiger partial charge in [-0.25, -0.2) is 13.8 Å². The number of carbonyl (C=O) groups is 2. The minimum Gasteiger partial charge on any atom is -0.371 e. The normalized spacial score (nSPS) is 15.2. The Morgan fingerprint density at radius 3 is 2.58 bits per heavy atom. The fraction of sp³-hybridized carbons (Fsp3) is 0.182. The molecule has 2 amide bonds. The largest absolute Gasteiger partial charge is 0.416 e. The van der Waals surface area contributed by atoms with Gasteiger partial charge in [-0.1, -0.05) is 11.6 Å². The third-order valence-corrected chi connectivity index (χ3v) is 5.69. The van der Waals surface area contributed by atoms with Gasteiger partial charge in [0, 0.05) is 23.2 Å². The molecule has 0 saturated heterocycles. The molecule has 3 aromatic rings. The number of amidine groups is 1. The molecule has 0 unspecified atom stereocenters. The van der Waals surface area contributed by atoms with Crippen LogP contribution in [0.4, 0.5) is 27.8 Å². The third-order valence-electron chi connectivity index (χ3n) is 5.35. The van der Waals surface area contributed by atoms with Crippen LogP contribution in [-0.4, -0.2) is 34.2 Å². The van der Waals surface area contributed by atoms with E-state index in [2.05, 4.69) is 20.9 Å². The maximum Gasteiger partial charge on any atom is 0.416 e. The van der Waals surface area contributed by atoms with Crippen LogP contribution in [0.3, 0.4) is 0 Å². The van der Waals surface area contributed by atoms with Gasteiger partial charge in [0.15, 0.2) is 17.5 Å². The molecule has 0 aliphatic carbocycles. The number of halogens is 6. The van der Waals surface area contributed by atoms with Crippen molar-refractivity contribution in [1.82, 2.24) is 20.2 Å². The minimum atomic E-state index is -4.90. The Labute approximate surface area is 205 Å². The van der Waals surface area contributed by atoms with E-state index in [4.69, 9.17) is 17.0 Å². The van der Waals surface area contributed by atoms with Gasteiger partial charge >= 0.3 is 6.18 Å². The standard InChI is InChI=1S/C22H16ClF5N6O2/c1-30-18(29)20-32-19(33-21(36)9-4-10(22(26,27)28)6-12(25)5-9)17-16(31-15(35)8-34(17)20)13-7-11(24)2-3-14(13)23/h2-7,16H,8H2,1H3,(H2,29,30)(H,31,35)(H,33,36)/t16-/m1/s1. The summed E-state index contributed by atoms with van der Waals surface area (Å²) in [5, 5.41) is 15.7. The second-order valence-corrected chi connectivity index (χ2v) is 8.13. The van der Waals surface area contributed by atoms with Crippen LogP contribution in [0.25, 0.3) is 0 Å². The number of amides is 2. The molecule has 4 rings (SSSR count). The first-order valence-electron chi connectivity index (χ1n) is 10.2. The van der Waals surface area contributed by atoms with Gasteiger partial charge in [0.2, 0.25) is 5.91 Å². The zero-order valence-electron chi connectivity index (χ0n) is 18.2. The first-order chi connectivity index (χ1) is 16.9. The third kappa shape index (κ3) is 4.73. The number of aromatic nitrogens is 2. The van der Waals surface area contributed by atoms with E-state index in [1.165, 1.54) is 17.7 Å². The van der Waals surface area contributed by atoms with Gasteiger partial charge in [0.25, 0.3) is 5.91 Å². The molecule has 2 aromatic carbocycles. The molecular weight excluding hydrogens is 511 g/mol. The fourth-order valence-corrected chi connectivity index (χ4v) is 3.98. The first-order valence-corrected chi connectivity index (χ1v) is 10.6. The molecular formula is C22H16ClF5N6O2. The SMILES string of the molecule is CNC(=N)c1nc(NC(=O)c2cc(F)cc(C(F)(F)F)c2)c2n1CC(=O)N[C@@H]2c1cc(F)ccc1Cl. The van der Waals surface area contributed by atoms with E-state index >= 15 is 0 Å². The lowest BCUT2D eigenvalue weighted by Gasteiger charge is -2.28. The Hall–Kier alpha value is -4.00. The van der Waals surface area contributed by atoms with Crippen molar-refractivity contribution in [3.8, 4) is 0 Å². The van der Waals surface area contributed by atoms with Gasteiger partial charge < -0.3 is 20.5 Å². The smallest absolute Gasteiger partial charge is 0.371 e. The quantitative estimate of drug-likeness (QED) is 0.235. The minimum absolute atomic E-state index is 0.0684. The Balaban J connectivity index is 1.84. The summed E-state index contributed by atoms with van der Waals surface area (Å²) in [6, 6.07) is 3.61. The highest BCUT2D eigenvalue weighted by Crippen LogP contribution is 2.36. The van der Waals surface area contributed by atoms with Gasteiger partial charge in [-0.2, -0.15) is 13.2 Å². The Kier molecular flexibility index (Phi) is 6.43. The van der Waals surface area contributed by atoms with Crippen LogP contribution < -0.4 is 16.0 Å². The Morgan fingerprint density at radius 2 is 1.92 bits per heavy atom. The number of anilines is 1. The van der Waals surface area contributed by atoms with E-state index in [0.717, 1.165) is 12.1 Å². The molecule has 0 saturated carbocycles. The van der Waals surface area contributed by atoms with Crippen molar-refractivity contribution in [3.05, 3.63) is 81.3 Å². The lowest BCUT2D eigenvalue weighted by molar-refractivity contribution is -0.137. The molecule has 2 heterocycles. The van der Waals surface area contributed by atoms with Crippen molar-refractivity contribution in [2.75, 3.05) is 12.4 Å². The number of benzene rings is 2. The van der Waals surface area contributed by atoms with E-state index in [-0.39, 0.29) is 46.4 Å². The van der Waals surface area contributed by atoms with Crippen LogP contribution >= 0.6 is 11.6 Å². The summed E-state index contributed by atoms with van der Waals surface area (Å²) in [7, 11) is 1.41. The van der Waals surface area contributed by atoms with Crippen molar-refractivity contribution >= 4 is 35.1 Å². The van der Waals surface area contributed by atoms with E-state index in [1.807, 2.05) is 0 Å². The maximum atomic E-state index is 14.0. The number of fused-ring (bicyclic) bond motifs is 1. The summed E-state index contributed by atoms with van der Waals surface area (Å²) in [4.78, 5) is 29.5. The molecule has 1 atom stereocenters. The predicted molar refractivity (Wildman–Crippen MR) is 119 cm³/mol. The van der Waals surface area contributed by atoms with Crippen LogP contribution in [-0.2, 0) is 17.5 Å². The molecule has 188 valence electrons. The van der Waals surface area contributed by atoms with Crippen LogP contribution in [0.5, 0.6) is 0 Å². The van der Waals surface area contributed by atoms with Gasteiger partial charge in [-0.05, 0) is 36.4 Å². The molecule has 4 N–H and O–H groups in total. The highest BCUT2D eigenvalue weighted by molar-refractivity contribution is 6.31. The van der Waals surface area contributed by atoms with Crippen molar-refractivity contribution in [2.24, 2.45) is 0 Å². The second-order valence-electron chi connectivity index (χ2n) is 7.73. The van der Waals surface area contributed by atoms with Crippen LogP contribution in [0.1, 0.15) is 39.0 Å². The molecule has 0 bridgehead atoms. The number of rotatable bonds is 4. The topological polar surface area (TPSA) is 112 Å². The molecule has 1 aliphatic rings. The van der Waals surface area contributed by atoms with Crippen LogP contribution in [0.15, 0.2) is 36.4 Å². The lowest BCUT2D eigenvalue weighted by atomic mass is 10.0. The van der Waals surface area contributed by atoms with E-state index < -0.39 is 46.8 Å². The molecule has 0 fully saturated rings. The first kappa shape index (κ1) is 25.1. The number of hydrogen-bond donors (Lipinski definition) is 4. The summed E-state index contributed by atoms with van der Waals surface area (Å²) in [6.45, 7) is -0.334. The Bertz CT molecular complexity index is 1400. The van der Waals surface area contributed by atoms with Gasteiger partial charge in [0.05, 0.1) is 17.3 Å². The number of hydrogen-bond acceptors (Lipinski definition) is 4. The van der Waals surface area contributed by atoms with Crippen LogP contribution in [0, 0.1) is 17.0 Å². The van der Waals surface area contributed by atoms with Crippen molar-refractivity contribution < 1.29 is 31.5 Å². The van der Waals surface area contributed by atoms with Crippen molar-refractivity contribution in [1.29, 1.82) is 5.41 Å². The molecule has 0 radical (unpaired) electrons. The second kappa shape index (κ2) is 9.22. The summed E-state index contributed by atoms with van der Waals surface area (Å²) in [5.74, 6) is -4.22. The van der Waals surface area contributed by atoms with Gasteiger partial charge in [-0.15, -0.1) is 0 Å². The molecule has 8 nitrogen and oxygen atoms in total. The molecule has 36 heavy (non-hydrogen) atoms. The number of nitrogens with one attached hydrogen (secondary N) is 4. The summed E-state index contributed by atoms with van der Waals surface area (Å²) < 4.78 is 68.5. The summed E-state index contributed by atoms with van der Waals surface area (Å²) >= 11 is 6.23. The van der Waals surface area contributed by atoms with Crippen LogP contribution in [0.2, 0.25) is 5.02 Å². The predicted octanol–water partition coefficient (Wildman–Crippen LogP) is 3.85. The molecule has 14 heteroatoms. The number of imidazole rings is 1. The molecule has 0 spiro atoms. The highest BCUT2D eigenvalue weighted by Gasteiger charge is 2.36. The molecule has 1 aromatic heterocycles. The van der Waals surface area contributed by atoms with Gasteiger partial charge in [-0.3, -0.25) is 15.0 Å².